The van der Waals surface area contributed by atoms with Gasteiger partial charge in [0.05, 0.1) is 18.8 Å². The second-order valence-electron chi connectivity index (χ2n) is 18.7. The van der Waals surface area contributed by atoms with Crippen LogP contribution in [0.5, 0.6) is 0 Å². The Labute approximate surface area is 359 Å². The number of aliphatic hydroxyl groups excluding tert-OH is 2. The van der Waals surface area contributed by atoms with E-state index >= 15 is 0 Å². The molecule has 57 heavy (non-hydrogen) atoms. The van der Waals surface area contributed by atoms with E-state index in [1.165, 1.54) is 263 Å². The van der Waals surface area contributed by atoms with Gasteiger partial charge in [0, 0.05) is 6.42 Å². The summed E-state index contributed by atoms with van der Waals surface area (Å²) < 4.78 is 0. The van der Waals surface area contributed by atoms with E-state index in [-0.39, 0.29) is 12.5 Å². The molecule has 2 unspecified atom stereocenters. The standard InChI is InChI=1S/C53H107NO3/c1-3-5-7-9-11-13-15-17-19-21-23-25-26-27-29-30-32-34-36-38-40-42-44-46-48-52(56)51(50-55)54-53(57)49-47-45-43-41-39-37-35-33-31-28-24-22-20-18-16-14-12-10-8-6-4-2/h51-52,55-56H,3-50H2,1-2H3,(H,54,57). The zero-order valence-electron chi connectivity index (χ0n) is 39.4. The summed E-state index contributed by atoms with van der Waals surface area (Å²) in [4.78, 5) is 12.5. The lowest BCUT2D eigenvalue weighted by Crippen LogP contribution is -2.45. The minimum absolute atomic E-state index is 0.0227. The first-order valence-electron chi connectivity index (χ1n) is 26.7. The van der Waals surface area contributed by atoms with E-state index in [2.05, 4.69) is 19.2 Å². The van der Waals surface area contributed by atoms with Gasteiger partial charge in [0.25, 0.3) is 0 Å². The van der Waals surface area contributed by atoms with Crippen LogP contribution in [0.2, 0.25) is 0 Å². The third kappa shape index (κ3) is 46.3. The minimum atomic E-state index is -0.654. The largest absolute Gasteiger partial charge is 0.394 e. The lowest BCUT2D eigenvalue weighted by molar-refractivity contribution is -0.123. The van der Waals surface area contributed by atoms with E-state index in [9.17, 15) is 15.0 Å². The number of rotatable bonds is 50. The summed E-state index contributed by atoms with van der Waals surface area (Å²) in [6.45, 7) is 4.40. The predicted molar refractivity (Wildman–Crippen MR) is 253 cm³/mol. The van der Waals surface area contributed by atoms with Crippen LogP contribution in [0.3, 0.4) is 0 Å². The molecule has 0 spiro atoms. The molecular formula is C53H107NO3. The zero-order valence-corrected chi connectivity index (χ0v) is 39.4. The van der Waals surface area contributed by atoms with Gasteiger partial charge >= 0.3 is 0 Å². The quantitative estimate of drug-likeness (QED) is 0.0536. The second-order valence-corrected chi connectivity index (χ2v) is 18.7. The van der Waals surface area contributed by atoms with Crippen molar-refractivity contribution >= 4 is 5.91 Å². The van der Waals surface area contributed by atoms with Crippen molar-refractivity contribution in [3.8, 4) is 0 Å². The topological polar surface area (TPSA) is 69.6 Å². The van der Waals surface area contributed by atoms with Gasteiger partial charge in [-0.15, -0.1) is 0 Å². The number of nitrogens with one attached hydrogen (secondary N) is 1. The fraction of sp³-hybridized carbons (Fsp3) is 0.981. The molecule has 4 nitrogen and oxygen atoms in total. The van der Waals surface area contributed by atoms with Crippen LogP contribution in [0.15, 0.2) is 0 Å². The summed E-state index contributed by atoms with van der Waals surface area (Å²) in [5.74, 6) is -0.0227. The summed E-state index contributed by atoms with van der Waals surface area (Å²) in [5.41, 5.74) is 0. The first-order chi connectivity index (χ1) is 28.2. The summed E-state index contributed by atoms with van der Waals surface area (Å²) in [6, 6.07) is -0.531. The first-order valence-corrected chi connectivity index (χ1v) is 26.7. The summed E-state index contributed by atoms with van der Waals surface area (Å²) in [7, 11) is 0. The maximum atomic E-state index is 12.5. The van der Waals surface area contributed by atoms with Crippen molar-refractivity contribution in [2.75, 3.05) is 6.61 Å². The molecule has 0 aromatic carbocycles. The van der Waals surface area contributed by atoms with E-state index in [4.69, 9.17) is 0 Å². The number of carbonyl (C=O) groups excluding carboxylic acids is 1. The highest BCUT2D eigenvalue weighted by atomic mass is 16.3. The lowest BCUT2D eigenvalue weighted by atomic mass is 10.0. The van der Waals surface area contributed by atoms with Gasteiger partial charge in [-0.2, -0.15) is 0 Å². The molecule has 342 valence electrons. The number of aliphatic hydroxyl groups is 2. The highest BCUT2D eigenvalue weighted by Crippen LogP contribution is 2.18. The molecule has 0 saturated carbocycles. The Morgan fingerprint density at radius 2 is 0.561 bits per heavy atom. The Morgan fingerprint density at radius 1 is 0.351 bits per heavy atom. The van der Waals surface area contributed by atoms with Gasteiger partial charge < -0.3 is 15.5 Å². The van der Waals surface area contributed by atoms with Gasteiger partial charge in [0.15, 0.2) is 0 Å². The average Bonchev–Trinajstić information content (AvgIpc) is 3.22. The van der Waals surface area contributed by atoms with Crippen LogP contribution in [0.1, 0.15) is 316 Å². The highest BCUT2D eigenvalue weighted by molar-refractivity contribution is 5.76. The Hall–Kier alpha value is -0.610. The molecule has 0 bridgehead atoms. The first kappa shape index (κ1) is 56.4. The third-order valence-corrected chi connectivity index (χ3v) is 12.9. The molecule has 0 aromatic heterocycles. The van der Waals surface area contributed by atoms with Gasteiger partial charge in [-0.05, 0) is 12.8 Å². The van der Waals surface area contributed by atoms with Crippen LogP contribution < -0.4 is 5.32 Å². The van der Waals surface area contributed by atoms with Crippen LogP contribution in [0.4, 0.5) is 0 Å². The van der Waals surface area contributed by atoms with Crippen LogP contribution in [-0.2, 0) is 4.79 Å². The van der Waals surface area contributed by atoms with Crippen molar-refractivity contribution in [2.45, 2.75) is 328 Å². The van der Waals surface area contributed by atoms with Crippen molar-refractivity contribution in [3.05, 3.63) is 0 Å². The van der Waals surface area contributed by atoms with Crippen LogP contribution in [0, 0.1) is 0 Å². The molecule has 2 atom stereocenters. The minimum Gasteiger partial charge on any atom is -0.394 e. The van der Waals surface area contributed by atoms with Crippen molar-refractivity contribution in [1.82, 2.24) is 5.32 Å². The Bertz CT molecular complexity index is 744. The van der Waals surface area contributed by atoms with Crippen molar-refractivity contribution in [1.29, 1.82) is 0 Å². The van der Waals surface area contributed by atoms with Crippen LogP contribution >= 0.6 is 0 Å². The molecule has 0 rings (SSSR count). The fourth-order valence-electron chi connectivity index (χ4n) is 8.78. The van der Waals surface area contributed by atoms with Gasteiger partial charge in [-0.25, -0.2) is 0 Å². The van der Waals surface area contributed by atoms with Gasteiger partial charge in [-0.1, -0.05) is 296 Å². The molecule has 1 amide bonds. The fourth-order valence-corrected chi connectivity index (χ4v) is 8.78. The lowest BCUT2D eigenvalue weighted by Gasteiger charge is -2.22. The van der Waals surface area contributed by atoms with E-state index in [1.54, 1.807) is 0 Å². The molecule has 4 heteroatoms. The normalized spacial score (nSPS) is 12.7. The van der Waals surface area contributed by atoms with E-state index < -0.39 is 12.1 Å². The summed E-state index contributed by atoms with van der Waals surface area (Å²) in [6.07, 6.45) is 62.2. The molecular weight excluding hydrogens is 699 g/mol. The maximum Gasteiger partial charge on any atom is 0.220 e. The zero-order chi connectivity index (χ0) is 41.4. The number of unbranched alkanes of at least 4 members (excludes halogenated alkanes) is 43. The summed E-state index contributed by atoms with van der Waals surface area (Å²) in [5, 5.41) is 23.3. The van der Waals surface area contributed by atoms with E-state index in [0.717, 1.165) is 25.7 Å². The third-order valence-electron chi connectivity index (χ3n) is 12.9. The second kappa shape index (κ2) is 49.8. The number of amides is 1. The van der Waals surface area contributed by atoms with Gasteiger partial charge in [0.1, 0.15) is 0 Å². The number of carbonyl (C=O) groups is 1. The molecule has 0 aromatic rings. The van der Waals surface area contributed by atoms with Gasteiger partial charge in [-0.3, -0.25) is 4.79 Å². The van der Waals surface area contributed by atoms with E-state index in [0.29, 0.717) is 12.8 Å². The van der Waals surface area contributed by atoms with Crippen molar-refractivity contribution in [2.24, 2.45) is 0 Å². The molecule has 0 aliphatic heterocycles. The predicted octanol–water partition coefficient (Wildman–Crippen LogP) is 17.2. The molecule has 0 fully saturated rings. The number of hydrogen-bond acceptors (Lipinski definition) is 3. The maximum absolute atomic E-state index is 12.5. The molecule has 0 aliphatic rings. The van der Waals surface area contributed by atoms with Crippen LogP contribution in [-0.4, -0.2) is 34.9 Å². The molecule has 0 aliphatic carbocycles. The summed E-state index contributed by atoms with van der Waals surface area (Å²) >= 11 is 0. The number of hydrogen-bond donors (Lipinski definition) is 3. The smallest absolute Gasteiger partial charge is 0.220 e. The Morgan fingerprint density at radius 3 is 0.789 bits per heavy atom. The molecule has 0 saturated heterocycles. The molecule has 0 heterocycles. The molecule has 3 N–H and O–H groups in total. The van der Waals surface area contributed by atoms with E-state index in [1.807, 2.05) is 0 Å². The Kier molecular flexibility index (Phi) is 49.2. The van der Waals surface area contributed by atoms with Gasteiger partial charge in [0.2, 0.25) is 5.91 Å². The molecule has 0 radical (unpaired) electrons. The monoisotopic (exact) mass is 806 g/mol. The van der Waals surface area contributed by atoms with Crippen molar-refractivity contribution in [3.63, 3.8) is 0 Å². The Balaban J connectivity index is 3.41. The van der Waals surface area contributed by atoms with Crippen molar-refractivity contribution < 1.29 is 15.0 Å². The van der Waals surface area contributed by atoms with Crippen LogP contribution in [0.25, 0.3) is 0 Å². The SMILES string of the molecule is CCCCCCCCCCCCCCCCCCCCCCCCCCC(O)C(CO)NC(=O)CCCCCCCCCCCCCCCCCCCCCCC. The average molecular weight is 806 g/mol. The highest BCUT2D eigenvalue weighted by Gasteiger charge is 2.20.